The molecular formula is C13H16ClF2NO3S. The third-order valence-electron chi connectivity index (χ3n) is 3.50. The van der Waals surface area contributed by atoms with Gasteiger partial charge >= 0.3 is 0 Å². The number of carbonyl (C=O) groups excluding carboxylic acids is 1. The van der Waals surface area contributed by atoms with Crippen molar-refractivity contribution in [2.24, 2.45) is 0 Å². The van der Waals surface area contributed by atoms with Gasteiger partial charge < -0.3 is 5.32 Å². The minimum atomic E-state index is -4.27. The SMILES string of the molecule is CCC(C)(CC)NC(=O)c1cc(S(=O)(=O)Cl)cc(F)c1F. The van der Waals surface area contributed by atoms with Crippen LogP contribution in [0.15, 0.2) is 17.0 Å². The van der Waals surface area contributed by atoms with Gasteiger partial charge in [-0.25, -0.2) is 17.2 Å². The normalized spacial score (nSPS) is 12.3. The molecule has 0 atom stereocenters. The van der Waals surface area contributed by atoms with E-state index < -0.39 is 42.6 Å². The maximum Gasteiger partial charge on any atom is 0.261 e. The lowest BCUT2D eigenvalue weighted by atomic mass is 9.95. The van der Waals surface area contributed by atoms with Crippen LogP contribution in [-0.4, -0.2) is 19.9 Å². The van der Waals surface area contributed by atoms with Crippen molar-refractivity contribution < 1.29 is 22.0 Å². The number of hydrogen-bond donors (Lipinski definition) is 1. The van der Waals surface area contributed by atoms with Crippen LogP contribution in [0.1, 0.15) is 44.0 Å². The van der Waals surface area contributed by atoms with Crippen molar-refractivity contribution in [3.63, 3.8) is 0 Å². The molecule has 0 aliphatic carbocycles. The van der Waals surface area contributed by atoms with Gasteiger partial charge in [-0.2, -0.15) is 0 Å². The molecule has 0 aromatic heterocycles. The van der Waals surface area contributed by atoms with E-state index in [1.165, 1.54) is 0 Å². The highest BCUT2D eigenvalue weighted by molar-refractivity contribution is 8.13. The van der Waals surface area contributed by atoms with Gasteiger partial charge in [0.15, 0.2) is 11.6 Å². The Hall–Kier alpha value is -1.21. The van der Waals surface area contributed by atoms with Crippen LogP contribution >= 0.6 is 10.7 Å². The lowest BCUT2D eigenvalue weighted by Gasteiger charge is -2.28. The van der Waals surface area contributed by atoms with Gasteiger partial charge in [-0.1, -0.05) is 13.8 Å². The van der Waals surface area contributed by atoms with E-state index in [4.69, 9.17) is 10.7 Å². The first-order chi connectivity index (χ1) is 9.54. The molecule has 1 aromatic rings. The molecular weight excluding hydrogens is 324 g/mol. The highest BCUT2D eigenvalue weighted by Crippen LogP contribution is 2.23. The van der Waals surface area contributed by atoms with Crippen LogP contribution in [-0.2, 0) is 9.05 Å². The van der Waals surface area contributed by atoms with E-state index in [2.05, 4.69) is 5.32 Å². The van der Waals surface area contributed by atoms with E-state index in [0.717, 1.165) is 6.07 Å². The Kier molecular flexibility index (Phi) is 5.33. The van der Waals surface area contributed by atoms with Gasteiger partial charge in [0, 0.05) is 16.2 Å². The van der Waals surface area contributed by atoms with E-state index in [-0.39, 0.29) is 0 Å². The van der Waals surface area contributed by atoms with Gasteiger partial charge in [0.1, 0.15) is 0 Å². The first-order valence-corrected chi connectivity index (χ1v) is 8.61. The molecule has 1 amide bonds. The molecule has 0 spiro atoms. The first-order valence-electron chi connectivity index (χ1n) is 6.30. The summed E-state index contributed by atoms with van der Waals surface area (Å²) in [4.78, 5) is 11.4. The monoisotopic (exact) mass is 339 g/mol. The predicted molar refractivity (Wildman–Crippen MR) is 75.9 cm³/mol. The standard InChI is InChI=1S/C13H16ClF2NO3S/c1-4-13(3,5-2)17-12(18)9-6-8(21(14,19)20)7-10(15)11(9)16/h6-7H,4-5H2,1-3H3,(H,17,18). The molecule has 0 heterocycles. The number of rotatable bonds is 5. The zero-order chi connectivity index (χ0) is 16.4. The molecule has 1 aromatic carbocycles. The van der Waals surface area contributed by atoms with Crippen molar-refractivity contribution in [2.75, 3.05) is 0 Å². The third kappa shape index (κ3) is 4.14. The highest BCUT2D eigenvalue weighted by atomic mass is 35.7. The number of carbonyl (C=O) groups is 1. The lowest BCUT2D eigenvalue weighted by molar-refractivity contribution is 0.0895. The van der Waals surface area contributed by atoms with E-state index in [1.807, 2.05) is 13.8 Å². The quantitative estimate of drug-likeness (QED) is 0.838. The number of halogens is 3. The van der Waals surface area contributed by atoms with Crippen molar-refractivity contribution in [1.29, 1.82) is 0 Å². The fourth-order valence-electron chi connectivity index (χ4n) is 1.64. The molecule has 118 valence electrons. The van der Waals surface area contributed by atoms with E-state index in [1.54, 1.807) is 6.92 Å². The van der Waals surface area contributed by atoms with Crippen molar-refractivity contribution in [1.82, 2.24) is 5.32 Å². The van der Waals surface area contributed by atoms with Gasteiger partial charge in [0.05, 0.1) is 10.5 Å². The van der Waals surface area contributed by atoms with Crippen LogP contribution in [0.25, 0.3) is 0 Å². The van der Waals surface area contributed by atoms with Crippen molar-refractivity contribution in [3.05, 3.63) is 29.3 Å². The van der Waals surface area contributed by atoms with Crippen LogP contribution in [0.4, 0.5) is 8.78 Å². The molecule has 1 rings (SSSR count). The van der Waals surface area contributed by atoms with Crippen molar-refractivity contribution in [3.8, 4) is 0 Å². The Morgan fingerprint density at radius 2 is 1.81 bits per heavy atom. The molecule has 21 heavy (non-hydrogen) atoms. The number of hydrogen-bond acceptors (Lipinski definition) is 3. The first kappa shape index (κ1) is 17.8. The van der Waals surface area contributed by atoms with Gasteiger partial charge in [0.2, 0.25) is 0 Å². The van der Waals surface area contributed by atoms with Crippen LogP contribution < -0.4 is 5.32 Å². The molecule has 1 N–H and O–H groups in total. The molecule has 0 unspecified atom stereocenters. The molecule has 0 fully saturated rings. The highest BCUT2D eigenvalue weighted by Gasteiger charge is 2.27. The summed E-state index contributed by atoms with van der Waals surface area (Å²) in [7, 11) is 0.831. The second kappa shape index (κ2) is 6.27. The van der Waals surface area contributed by atoms with Crippen LogP contribution in [0.3, 0.4) is 0 Å². The average molecular weight is 340 g/mol. The third-order valence-corrected chi connectivity index (χ3v) is 4.84. The largest absolute Gasteiger partial charge is 0.347 e. The van der Waals surface area contributed by atoms with Crippen LogP contribution in [0.2, 0.25) is 0 Å². The minimum Gasteiger partial charge on any atom is -0.347 e. The molecule has 0 saturated heterocycles. The molecule has 0 saturated carbocycles. The summed E-state index contributed by atoms with van der Waals surface area (Å²) in [6.45, 7) is 5.42. The summed E-state index contributed by atoms with van der Waals surface area (Å²) in [5, 5.41) is 2.57. The molecule has 4 nitrogen and oxygen atoms in total. The van der Waals surface area contributed by atoms with E-state index in [0.29, 0.717) is 18.9 Å². The summed E-state index contributed by atoms with van der Waals surface area (Å²) in [5.41, 5.74) is -1.29. The summed E-state index contributed by atoms with van der Waals surface area (Å²) in [5.74, 6) is -3.75. The smallest absolute Gasteiger partial charge is 0.261 e. The maximum absolute atomic E-state index is 13.7. The molecule has 0 bridgehead atoms. The van der Waals surface area contributed by atoms with Gasteiger partial charge in [-0.3, -0.25) is 4.79 Å². The van der Waals surface area contributed by atoms with Crippen molar-refractivity contribution in [2.45, 2.75) is 44.0 Å². The summed E-state index contributed by atoms with van der Waals surface area (Å²) in [6, 6.07) is 1.16. The zero-order valence-electron chi connectivity index (χ0n) is 11.8. The van der Waals surface area contributed by atoms with Gasteiger partial charge in [0.25, 0.3) is 15.0 Å². The molecule has 0 aliphatic heterocycles. The second-order valence-corrected chi connectivity index (χ2v) is 7.49. The Bertz CT molecular complexity index is 658. The maximum atomic E-state index is 13.7. The number of benzene rings is 1. The lowest BCUT2D eigenvalue weighted by Crippen LogP contribution is -2.45. The fourth-order valence-corrected chi connectivity index (χ4v) is 2.41. The predicted octanol–water partition coefficient (Wildman–Crippen LogP) is 3.20. The average Bonchev–Trinajstić information content (AvgIpc) is 2.40. The number of nitrogens with one attached hydrogen (secondary N) is 1. The summed E-state index contributed by atoms with van der Waals surface area (Å²) < 4.78 is 49.6. The van der Waals surface area contributed by atoms with Gasteiger partial charge in [-0.15, -0.1) is 0 Å². The van der Waals surface area contributed by atoms with Crippen LogP contribution in [0, 0.1) is 11.6 Å². The second-order valence-electron chi connectivity index (χ2n) is 4.93. The van der Waals surface area contributed by atoms with Gasteiger partial charge in [-0.05, 0) is 31.9 Å². The minimum absolute atomic E-state index is 0.438. The van der Waals surface area contributed by atoms with Crippen LogP contribution in [0.5, 0.6) is 0 Å². The van der Waals surface area contributed by atoms with E-state index >= 15 is 0 Å². The molecule has 0 radical (unpaired) electrons. The Morgan fingerprint density at radius 1 is 1.29 bits per heavy atom. The van der Waals surface area contributed by atoms with E-state index in [9.17, 15) is 22.0 Å². The Morgan fingerprint density at radius 3 is 2.24 bits per heavy atom. The topological polar surface area (TPSA) is 63.2 Å². The summed E-state index contributed by atoms with van der Waals surface area (Å²) in [6.07, 6.45) is 1.15. The molecule has 0 aliphatic rings. The Labute approximate surface area is 126 Å². The number of amides is 1. The Balaban J connectivity index is 3.30. The summed E-state index contributed by atoms with van der Waals surface area (Å²) >= 11 is 0. The van der Waals surface area contributed by atoms with Crippen molar-refractivity contribution >= 4 is 25.6 Å². The fraction of sp³-hybridized carbons (Fsp3) is 0.462. The molecule has 8 heteroatoms. The zero-order valence-corrected chi connectivity index (χ0v) is 13.4.